The van der Waals surface area contributed by atoms with Crippen molar-refractivity contribution >= 4 is 22.8 Å². The summed E-state index contributed by atoms with van der Waals surface area (Å²) in [6.45, 7) is 4.16. The van der Waals surface area contributed by atoms with Gasteiger partial charge in [-0.3, -0.25) is 9.59 Å². The van der Waals surface area contributed by atoms with Crippen LogP contribution in [0.5, 0.6) is 0 Å². The van der Waals surface area contributed by atoms with Crippen molar-refractivity contribution in [3.8, 4) is 0 Å². The lowest BCUT2D eigenvalue weighted by molar-refractivity contribution is -0.148. The second-order valence-corrected chi connectivity index (χ2v) is 9.42. The maximum atomic E-state index is 13.2. The fourth-order valence-electron chi connectivity index (χ4n) is 6.10. The highest BCUT2D eigenvalue weighted by molar-refractivity contribution is 5.84. The molecule has 2 aromatic heterocycles. The van der Waals surface area contributed by atoms with Crippen LogP contribution in [0.4, 0.5) is 0 Å². The van der Waals surface area contributed by atoms with Crippen molar-refractivity contribution in [1.29, 1.82) is 0 Å². The Kier molecular flexibility index (Phi) is 4.13. The molecule has 5 heterocycles. The molecule has 5 atom stereocenters. The van der Waals surface area contributed by atoms with Gasteiger partial charge in [-0.25, -0.2) is 9.67 Å². The molecule has 4 aliphatic rings. The van der Waals surface area contributed by atoms with Crippen molar-refractivity contribution in [2.75, 3.05) is 19.7 Å². The van der Waals surface area contributed by atoms with E-state index in [4.69, 9.17) is 4.74 Å². The van der Waals surface area contributed by atoms with Crippen LogP contribution in [0.25, 0.3) is 11.0 Å². The first-order chi connectivity index (χ1) is 14.6. The lowest BCUT2D eigenvalue weighted by atomic mass is 9.93. The number of fused-ring (bicyclic) bond motifs is 4. The Morgan fingerprint density at radius 2 is 2.00 bits per heavy atom. The average molecular weight is 409 g/mol. The monoisotopic (exact) mass is 409 g/mol. The summed E-state index contributed by atoms with van der Waals surface area (Å²) in [4.78, 5) is 34.5. The van der Waals surface area contributed by atoms with Gasteiger partial charge in [0.1, 0.15) is 12.6 Å². The Morgan fingerprint density at radius 3 is 2.83 bits per heavy atom. The number of hydrogen-bond donors (Lipinski definition) is 0. The molecular formula is C22H27N5O3. The van der Waals surface area contributed by atoms with Crippen LogP contribution in [0.15, 0.2) is 18.5 Å². The number of aromatic nitrogens is 3. The highest BCUT2D eigenvalue weighted by atomic mass is 16.5. The molecule has 0 N–H and O–H groups in total. The van der Waals surface area contributed by atoms with Crippen LogP contribution in [-0.4, -0.2) is 74.3 Å². The van der Waals surface area contributed by atoms with Gasteiger partial charge in [0.2, 0.25) is 5.91 Å². The molecular weight excluding hydrogens is 382 g/mol. The third-order valence-electron chi connectivity index (χ3n) is 7.58. The smallest absolute Gasteiger partial charge is 0.252 e. The Bertz CT molecular complexity index is 1020. The zero-order valence-electron chi connectivity index (χ0n) is 17.2. The van der Waals surface area contributed by atoms with Gasteiger partial charge in [-0.05, 0) is 49.7 Å². The average Bonchev–Trinajstić information content (AvgIpc) is 3.52. The summed E-state index contributed by atoms with van der Waals surface area (Å²) < 4.78 is 7.58. The van der Waals surface area contributed by atoms with Crippen LogP contribution < -0.4 is 0 Å². The van der Waals surface area contributed by atoms with Crippen LogP contribution in [-0.2, 0) is 20.9 Å². The predicted molar refractivity (Wildman–Crippen MR) is 108 cm³/mol. The van der Waals surface area contributed by atoms with Crippen molar-refractivity contribution in [3.63, 3.8) is 0 Å². The molecule has 4 fully saturated rings. The van der Waals surface area contributed by atoms with E-state index >= 15 is 0 Å². The molecule has 1 aliphatic carbocycles. The Labute approximate surface area is 175 Å². The topological polar surface area (TPSA) is 80.6 Å². The molecule has 0 unspecified atom stereocenters. The standard InChI is InChI=1S/C22H27N5O3/c1-13-5-15-8-24-27(21(15)23-7-13)11-19(28)25-9-17-6-16(25)10-26(17)22(29)20-18-4-2-3-14(18)12-30-20/h5,7-8,14,16-18,20H,2-4,6,9-12H2,1H3/t14-,16-,17-,18-,20+/m0/s1. The first-order valence-electron chi connectivity index (χ1n) is 11.1. The van der Waals surface area contributed by atoms with Crippen molar-refractivity contribution in [2.24, 2.45) is 11.8 Å². The van der Waals surface area contributed by atoms with E-state index in [2.05, 4.69) is 10.1 Å². The molecule has 30 heavy (non-hydrogen) atoms. The second kappa shape index (κ2) is 6.77. The van der Waals surface area contributed by atoms with Gasteiger partial charge in [-0.1, -0.05) is 6.42 Å². The third-order valence-corrected chi connectivity index (χ3v) is 7.58. The van der Waals surface area contributed by atoms with Crippen LogP contribution >= 0.6 is 0 Å². The molecule has 0 aromatic carbocycles. The summed E-state index contributed by atoms with van der Waals surface area (Å²) >= 11 is 0. The fraction of sp³-hybridized carbons (Fsp3) is 0.636. The third kappa shape index (κ3) is 2.76. The number of piperazine rings is 1. The number of hydrogen-bond acceptors (Lipinski definition) is 5. The Morgan fingerprint density at radius 1 is 1.17 bits per heavy atom. The quantitative estimate of drug-likeness (QED) is 0.765. The summed E-state index contributed by atoms with van der Waals surface area (Å²) in [5, 5.41) is 5.31. The molecule has 0 radical (unpaired) electrons. The van der Waals surface area contributed by atoms with E-state index < -0.39 is 0 Å². The Hall–Kier alpha value is -2.48. The highest BCUT2D eigenvalue weighted by Gasteiger charge is 2.51. The summed E-state index contributed by atoms with van der Waals surface area (Å²) in [7, 11) is 0. The second-order valence-electron chi connectivity index (χ2n) is 9.42. The van der Waals surface area contributed by atoms with E-state index in [9.17, 15) is 9.59 Å². The van der Waals surface area contributed by atoms with Crippen molar-refractivity contribution in [3.05, 3.63) is 24.0 Å². The maximum absolute atomic E-state index is 13.2. The van der Waals surface area contributed by atoms with Crippen molar-refractivity contribution in [2.45, 2.75) is 57.3 Å². The van der Waals surface area contributed by atoms with E-state index in [1.165, 1.54) is 12.8 Å². The Balaban J connectivity index is 1.12. The number of rotatable bonds is 3. The molecule has 2 aromatic rings. The predicted octanol–water partition coefficient (Wildman–Crippen LogP) is 1.37. The van der Waals surface area contributed by atoms with Crippen LogP contribution in [0.3, 0.4) is 0 Å². The van der Waals surface area contributed by atoms with Gasteiger partial charge >= 0.3 is 0 Å². The van der Waals surface area contributed by atoms with Crippen LogP contribution in [0.2, 0.25) is 0 Å². The van der Waals surface area contributed by atoms with Crippen molar-refractivity contribution < 1.29 is 14.3 Å². The van der Waals surface area contributed by atoms with Gasteiger partial charge in [0.05, 0.1) is 24.9 Å². The number of ether oxygens (including phenoxy) is 1. The van der Waals surface area contributed by atoms with E-state index in [0.717, 1.165) is 36.0 Å². The molecule has 6 rings (SSSR count). The minimum Gasteiger partial charge on any atom is -0.368 e. The largest absolute Gasteiger partial charge is 0.368 e. The van der Waals surface area contributed by atoms with E-state index in [1.54, 1.807) is 17.1 Å². The molecule has 8 heteroatoms. The molecule has 8 nitrogen and oxygen atoms in total. The van der Waals surface area contributed by atoms with E-state index in [0.29, 0.717) is 24.9 Å². The minimum atomic E-state index is -0.258. The summed E-state index contributed by atoms with van der Waals surface area (Å²) in [5.41, 5.74) is 1.81. The maximum Gasteiger partial charge on any atom is 0.252 e. The first-order valence-corrected chi connectivity index (χ1v) is 11.1. The van der Waals surface area contributed by atoms with Gasteiger partial charge < -0.3 is 14.5 Å². The first kappa shape index (κ1) is 18.3. The molecule has 2 bridgehead atoms. The zero-order chi connectivity index (χ0) is 20.4. The normalized spacial score (nSPS) is 32.4. The van der Waals surface area contributed by atoms with Gasteiger partial charge in [-0.2, -0.15) is 5.10 Å². The van der Waals surface area contributed by atoms with Gasteiger partial charge in [0.15, 0.2) is 5.65 Å². The molecule has 1 saturated carbocycles. The number of amides is 2. The SMILES string of the molecule is Cc1cnc2c(cnn2CC(=O)N2C[C@@H]3C[C@H]2CN3C(=O)[C@@H]2OC[C@@H]3CCC[C@@H]32)c1. The summed E-state index contributed by atoms with van der Waals surface area (Å²) in [6, 6.07) is 2.24. The number of likely N-dealkylation sites (tertiary alicyclic amines) is 2. The number of aryl methyl sites for hydroxylation is 1. The fourth-order valence-corrected chi connectivity index (χ4v) is 6.10. The lowest BCUT2D eigenvalue weighted by Crippen LogP contribution is -2.54. The number of pyridine rings is 1. The van der Waals surface area contributed by atoms with Gasteiger partial charge in [-0.15, -0.1) is 0 Å². The molecule has 158 valence electrons. The molecule has 3 saturated heterocycles. The molecule has 2 amide bonds. The van der Waals surface area contributed by atoms with Crippen LogP contribution in [0, 0.1) is 18.8 Å². The van der Waals surface area contributed by atoms with E-state index in [1.807, 2.05) is 22.8 Å². The zero-order valence-corrected chi connectivity index (χ0v) is 17.2. The summed E-state index contributed by atoms with van der Waals surface area (Å²) in [5.74, 6) is 1.17. The number of carbonyl (C=O) groups excluding carboxylic acids is 2. The van der Waals surface area contributed by atoms with Gasteiger partial charge in [0, 0.05) is 24.7 Å². The van der Waals surface area contributed by atoms with E-state index in [-0.39, 0.29) is 36.5 Å². The van der Waals surface area contributed by atoms with Gasteiger partial charge in [0.25, 0.3) is 5.91 Å². The molecule has 0 spiro atoms. The minimum absolute atomic E-state index is 0.0509. The van der Waals surface area contributed by atoms with Crippen molar-refractivity contribution in [1.82, 2.24) is 24.6 Å². The number of carbonyl (C=O) groups is 2. The number of nitrogens with zero attached hydrogens (tertiary/aromatic N) is 5. The highest BCUT2D eigenvalue weighted by Crippen LogP contribution is 2.42. The molecule has 3 aliphatic heterocycles. The lowest BCUT2D eigenvalue weighted by Gasteiger charge is -2.36. The summed E-state index contributed by atoms with van der Waals surface area (Å²) in [6.07, 6.45) is 7.69. The van der Waals surface area contributed by atoms with Crippen LogP contribution in [0.1, 0.15) is 31.2 Å².